The molecule has 0 aromatic carbocycles. The van der Waals surface area contributed by atoms with E-state index in [2.05, 4.69) is 24.5 Å². The Hall–Kier alpha value is -1.82. The Kier molecular flexibility index (Phi) is 1.54. The zero-order valence-electron chi connectivity index (χ0n) is 7.01. The molecular weight excluding hydrogens is 198 g/mol. The van der Waals surface area contributed by atoms with Gasteiger partial charge < -0.3 is 4.98 Å². The molecule has 0 amide bonds. The van der Waals surface area contributed by atoms with Gasteiger partial charge in [0.05, 0.1) is 5.52 Å². The average molecular weight is 203 g/mol. The van der Waals surface area contributed by atoms with E-state index < -0.39 is 0 Å². The molecule has 6 heteroatoms. The molecule has 1 N–H and O–H groups in total. The van der Waals surface area contributed by atoms with Crippen molar-refractivity contribution in [3.8, 4) is 11.5 Å². The zero-order chi connectivity index (χ0) is 9.38. The van der Waals surface area contributed by atoms with Crippen LogP contribution in [0.25, 0.3) is 22.7 Å². The lowest BCUT2D eigenvalue weighted by Gasteiger charge is -1.83. The Morgan fingerprint density at radius 3 is 3.14 bits per heavy atom. The first-order chi connectivity index (χ1) is 6.93. The number of nitrogens with one attached hydrogen (secondary N) is 1. The maximum Gasteiger partial charge on any atom is 0.178 e. The molecule has 0 aliphatic rings. The summed E-state index contributed by atoms with van der Waals surface area (Å²) in [6.45, 7) is 0. The Balaban J connectivity index is 2.24. The summed E-state index contributed by atoms with van der Waals surface area (Å²) in [6, 6.07) is 3.79. The van der Waals surface area contributed by atoms with E-state index in [1.54, 1.807) is 6.20 Å². The van der Waals surface area contributed by atoms with Crippen molar-refractivity contribution in [1.29, 1.82) is 0 Å². The van der Waals surface area contributed by atoms with Crippen LogP contribution in [0.3, 0.4) is 0 Å². The molecule has 0 aliphatic heterocycles. The van der Waals surface area contributed by atoms with Crippen LogP contribution in [0.1, 0.15) is 0 Å². The lowest BCUT2D eigenvalue weighted by Crippen LogP contribution is -1.79. The zero-order valence-corrected chi connectivity index (χ0v) is 7.82. The summed E-state index contributed by atoms with van der Waals surface area (Å²) in [5.74, 6) is 0.715. The van der Waals surface area contributed by atoms with Gasteiger partial charge in [-0.2, -0.15) is 0 Å². The Bertz CT molecular complexity index is 523. The highest BCUT2D eigenvalue weighted by molar-refractivity contribution is 7.03. The second kappa shape index (κ2) is 2.85. The van der Waals surface area contributed by atoms with E-state index in [0.717, 1.165) is 11.2 Å². The third-order valence-corrected chi connectivity index (χ3v) is 2.36. The van der Waals surface area contributed by atoms with Crippen molar-refractivity contribution < 1.29 is 0 Å². The van der Waals surface area contributed by atoms with Crippen LogP contribution < -0.4 is 0 Å². The van der Waals surface area contributed by atoms with Crippen molar-refractivity contribution in [1.82, 2.24) is 24.5 Å². The third kappa shape index (κ3) is 1.08. The second-order valence-electron chi connectivity index (χ2n) is 2.75. The fraction of sp³-hybridized carbons (Fsp3) is 0. The minimum atomic E-state index is 0.704. The van der Waals surface area contributed by atoms with Gasteiger partial charge in [0, 0.05) is 11.6 Å². The molecule has 0 saturated carbocycles. The molecule has 0 atom stereocenters. The summed E-state index contributed by atoms with van der Waals surface area (Å²) in [4.78, 5) is 11.5. The quantitative estimate of drug-likeness (QED) is 0.650. The van der Waals surface area contributed by atoms with Crippen LogP contribution in [0.5, 0.6) is 0 Å². The minimum absolute atomic E-state index is 0.704. The van der Waals surface area contributed by atoms with Gasteiger partial charge in [-0.25, -0.2) is 9.97 Å². The molecule has 0 fully saturated rings. The number of hydrogen-bond donors (Lipinski definition) is 1. The first kappa shape index (κ1) is 7.57. The summed E-state index contributed by atoms with van der Waals surface area (Å²) < 4.78 is 3.78. The molecule has 3 heterocycles. The summed E-state index contributed by atoms with van der Waals surface area (Å²) in [6.07, 6.45) is 1.71. The fourth-order valence-corrected chi connectivity index (χ4v) is 1.68. The van der Waals surface area contributed by atoms with E-state index in [9.17, 15) is 0 Å². The van der Waals surface area contributed by atoms with E-state index in [1.807, 2.05) is 17.5 Å². The molecule has 3 rings (SSSR count). The molecule has 0 aliphatic carbocycles. The van der Waals surface area contributed by atoms with Crippen LogP contribution in [0, 0.1) is 0 Å². The Labute approximate surface area is 83.0 Å². The molecule has 0 saturated heterocycles. The lowest BCUT2D eigenvalue weighted by atomic mass is 10.4. The van der Waals surface area contributed by atoms with Gasteiger partial charge in [0.25, 0.3) is 0 Å². The molecule has 0 bridgehead atoms. The van der Waals surface area contributed by atoms with Crippen molar-refractivity contribution in [2.45, 2.75) is 0 Å². The summed E-state index contributed by atoms with van der Waals surface area (Å²) in [5, 5.41) is 5.77. The predicted molar refractivity (Wildman–Crippen MR) is 52.8 cm³/mol. The SMILES string of the molecule is c1cnc2nc(-c3csnn3)[nH]c2c1. The van der Waals surface area contributed by atoms with E-state index in [0.29, 0.717) is 11.5 Å². The van der Waals surface area contributed by atoms with E-state index in [1.165, 1.54) is 11.5 Å². The van der Waals surface area contributed by atoms with Crippen LogP contribution >= 0.6 is 11.5 Å². The summed E-state index contributed by atoms with van der Waals surface area (Å²) >= 11 is 1.30. The average Bonchev–Trinajstić information content (AvgIpc) is 2.86. The molecule has 3 aromatic rings. The highest BCUT2D eigenvalue weighted by Gasteiger charge is 2.07. The van der Waals surface area contributed by atoms with Crippen LogP contribution in [-0.4, -0.2) is 24.5 Å². The van der Waals surface area contributed by atoms with Gasteiger partial charge in [-0.05, 0) is 23.7 Å². The Morgan fingerprint density at radius 2 is 2.36 bits per heavy atom. The van der Waals surface area contributed by atoms with Gasteiger partial charge >= 0.3 is 0 Å². The number of aromatic nitrogens is 5. The van der Waals surface area contributed by atoms with E-state index >= 15 is 0 Å². The number of fused-ring (bicyclic) bond motifs is 1. The standard InChI is InChI=1S/C8H5N5S/c1-2-5-7(9-3-1)11-8(10-5)6-4-14-13-12-6/h1-4H,(H,9,10,11). The second-order valence-corrected chi connectivity index (χ2v) is 3.36. The van der Waals surface area contributed by atoms with E-state index in [4.69, 9.17) is 0 Å². The summed E-state index contributed by atoms with van der Waals surface area (Å²) in [5.41, 5.74) is 2.37. The third-order valence-electron chi connectivity index (χ3n) is 1.86. The van der Waals surface area contributed by atoms with Crippen molar-refractivity contribution in [3.63, 3.8) is 0 Å². The number of hydrogen-bond acceptors (Lipinski definition) is 5. The lowest BCUT2D eigenvalue weighted by molar-refractivity contribution is 1.13. The first-order valence-electron chi connectivity index (χ1n) is 4.01. The molecule has 14 heavy (non-hydrogen) atoms. The van der Waals surface area contributed by atoms with Crippen LogP contribution in [0.2, 0.25) is 0 Å². The Morgan fingerprint density at radius 1 is 1.36 bits per heavy atom. The molecule has 5 nitrogen and oxygen atoms in total. The van der Waals surface area contributed by atoms with Crippen molar-refractivity contribution in [3.05, 3.63) is 23.7 Å². The predicted octanol–water partition coefficient (Wildman–Crippen LogP) is 1.48. The molecule has 0 unspecified atom stereocenters. The number of pyridine rings is 1. The smallest absolute Gasteiger partial charge is 0.178 e. The fourth-order valence-electron chi connectivity index (χ4n) is 1.23. The van der Waals surface area contributed by atoms with E-state index in [-0.39, 0.29) is 0 Å². The maximum absolute atomic E-state index is 4.29. The molecule has 0 radical (unpaired) electrons. The number of rotatable bonds is 1. The van der Waals surface area contributed by atoms with Gasteiger partial charge in [0.2, 0.25) is 0 Å². The largest absolute Gasteiger partial charge is 0.335 e. The van der Waals surface area contributed by atoms with Gasteiger partial charge in [0.15, 0.2) is 11.5 Å². The van der Waals surface area contributed by atoms with Crippen molar-refractivity contribution >= 4 is 22.7 Å². The number of aromatic amines is 1. The normalized spacial score (nSPS) is 10.9. The highest BCUT2D eigenvalue weighted by Crippen LogP contribution is 2.17. The number of H-pyrrole nitrogens is 1. The van der Waals surface area contributed by atoms with Gasteiger partial charge in [-0.1, -0.05) is 4.49 Å². The number of nitrogens with zero attached hydrogens (tertiary/aromatic N) is 4. The van der Waals surface area contributed by atoms with Gasteiger partial charge in [-0.15, -0.1) is 5.10 Å². The monoisotopic (exact) mass is 203 g/mol. The van der Waals surface area contributed by atoms with Crippen molar-refractivity contribution in [2.75, 3.05) is 0 Å². The molecule has 0 spiro atoms. The minimum Gasteiger partial charge on any atom is -0.335 e. The molecule has 68 valence electrons. The summed E-state index contributed by atoms with van der Waals surface area (Å²) in [7, 11) is 0. The molecule has 3 aromatic heterocycles. The maximum atomic E-state index is 4.29. The first-order valence-corrected chi connectivity index (χ1v) is 4.85. The van der Waals surface area contributed by atoms with Crippen molar-refractivity contribution in [2.24, 2.45) is 0 Å². The topological polar surface area (TPSA) is 67.3 Å². The van der Waals surface area contributed by atoms with Crippen LogP contribution in [0.4, 0.5) is 0 Å². The van der Waals surface area contributed by atoms with Crippen LogP contribution in [-0.2, 0) is 0 Å². The van der Waals surface area contributed by atoms with Crippen LogP contribution in [0.15, 0.2) is 23.7 Å². The van der Waals surface area contributed by atoms with Gasteiger partial charge in [0.1, 0.15) is 5.69 Å². The highest BCUT2D eigenvalue weighted by atomic mass is 32.1. The van der Waals surface area contributed by atoms with Gasteiger partial charge in [-0.3, -0.25) is 0 Å². The molecular formula is C8H5N5S. The number of imidazole rings is 1.